The first-order valence-corrected chi connectivity index (χ1v) is 9.88. The summed E-state index contributed by atoms with van der Waals surface area (Å²) in [6, 6.07) is 2.16. The molecule has 2 aliphatic rings. The molecular weight excluding hydrogens is 344 g/mol. The fraction of sp³-hybridized carbons (Fsp3) is 0.684. The lowest BCUT2D eigenvalue weighted by Crippen LogP contribution is -2.37. The van der Waals surface area contributed by atoms with Crippen molar-refractivity contribution in [2.45, 2.75) is 45.1 Å². The highest BCUT2D eigenvalue weighted by Gasteiger charge is 2.25. The number of nitrogens with zero attached hydrogens (tertiary/aromatic N) is 6. The molecule has 8 nitrogen and oxygen atoms in total. The van der Waals surface area contributed by atoms with E-state index in [9.17, 15) is 0 Å². The Morgan fingerprint density at radius 1 is 1.19 bits per heavy atom. The molecule has 4 heterocycles. The lowest BCUT2D eigenvalue weighted by molar-refractivity contribution is 0.122. The normalized spacial score (nSPS) is 21.7. The fourth-order valence-electron chi connectivity index (χ4n) is 3.75. The fourth-order valence-corrected chi connectivity index (χ4v) is 3.75. The van der Waals surface area contributed by atoms with Crippen molar-refractivity contribution in [3.63, 3.8) is 0 Å². The molecule has 2 saturated heterocycles. The van der Waals surface area contributed by atoms with Crippen molar-refractivity contribution in [3.8, 4) is 0 Å². The van der Waals surface area contributed by atoms with E-state index in [-0.39, 0.29) is 5.92 Å². The Hall–Kier alpha value is -2.06. The predicted octanol–water partition coefficient (Wildman–Crippen LogP) is 2.20. The Morgan fingerprint density at radius 2 is 2.04 bits per heavy atom. The second kappa shape index (κ2) is 8.31. The molecule has 0 aromatic carbocycles. The van der Waals surface area contributed by atoms with Crippen LogP contribution in [0.4, 0.5) is 5.82 Å². The summed E-state index contributed by atoms with van der Waals surface area (Å²) in [5.74, 6) is 3.20. The molecule has 4 rings (SSSR count). The molecule has 0 amide bonds. The van der Waals surface area contributed by atoms with Gasteiger partial charge in [-0.1, -0.05) is 19.0 Å². The van der Waals surface area contributed by atoms with Crippen LogP contribution in [0.5, 0.6) is 0 Å². The SMILES string of the molecule is CC(C)c1noc(CN2CCCC(c3cc(N4CCOCC4)ncn3)C2)n1. The summed E-state index contributed by atoms with van der Waals surface area (Å²) < 4.78 is 10.9. The molecule has 2 aliphatic heterocycles. The van der Waals surface area contributed by atoms with Crippen molar-refractivity contribution in [2.24, 2.45) is 0 Å². The van der Waals surface area contributed by atoms with Crippen molar-refractivity contribution >= 4 is 5.82 Å². The maximum atomic E-state index is 5.44. The second-order valence-corrected chi connectivity index (χ2v) is 7.68. The molecule has 1 atom stereocenters. The molecule has 0 bridgehead atoms. The molecule has 2 fully saturated rings. The quantitative estimate of drug-likeness (QED) is 0.790. The summed E-state index contributed by atoms with van der Waals surface area (Å²) in [6.45, 7) is 10.2. The number of ether oxygens (including phenoxy) is 1. The highest BCUT2D eigenvalue weighted by atomic mass is 16.5. The Balaban J connectivity index is 1.41. The number of piperidine rings is 1. The van der Waals surface area contributed by atoms with E-state index in [0.29, 0.717) is 18.4 Å². The van der Waals surface area contributed by atoms with Crippen molar-refractivity contribution in [3.05, 3.63) is 29.8 Å². The zero-order valence-electron chi connectivity index (χ0n) is 16.2. The van der Waals surface area contributed by atoms with Crippen LogP contribution in [-0.2, 0) is 11.3 Å². The number of rotatable bonds is 5. The predicted molar refractivity (Wildman–Crippen MR) is 101 cm³/mol. The molecule has 146 valence electrons. The lowest BCUT2D eigenvalue weighted by Gasteiger charge is -2.32. The van der Waals surface area contributed by atoms with Crippen LogP contribution in [0.2, 0.25) is 0 Å². The van der Waals surface area contributed by atoms with Gasteiger partial charge in [-0.05, 0) is 19.4 Å². The molecular formula is C19H28N6O2. The molecule has 0 spiro atoms. The second-order valence-electron chi connectivity index (χ2n) is 7.68. The van der Waals surface area contributed by atoms with Crippen molar-refractivity contribution in [2.75, 3.05) is 44.3 Å². The highest BCUT2D eigenvalue weighted by molar-refractivity contribution is 5.40. The van der Waals surface area contributed by atoms with E-state index in [1.807, 2.05) is 0 Å². The van der Waals surface area contributed by atoms with E-state index in [1.165, 1.54) is 0 Å². The molecule has 0 radical (unpaired) electrons. The first-order valence-electron chi connectivity index (χ1n) is 9.88. The van der Waals surface area contributed by atoms with Crippen LogP contribution >= 0.6 is 0 Å². The van der Waals surface area contributed by atoms with Gasteiger partial charge >= 0.3 is 0 Å². The Labute approximate surface area is 159 Å². The van der Waals surface area contributed by atoms with Gasteiger partial charge in [0, 0.05) is 37.5 Å². The van der Waals surface area contributed by atoms with E-state index in [0.717, 1.165) is 69.6 Å². The first kappa shape index (κ1) is 18.3. The third-order valence-corrected chi connectivity index (χ3v) is 5.29. The van der Waals surface area contributed by atoms with Crippen LogP contribution in [-0.4, -0.2) is 64.4 Å². The average molecular weight is 372 g/mol. The van der Waals surface area contributed by atoms with Gasteiger partial charge in [0.15, 0.2) is 5.82 Å². The minimum atomic E-state index is 0.288. The molecule has 1 unspecified atom stereocenters. The monoisotopic (exact) mass is 372 g/mol. The molecule has 2 aromatic heterocycles. The van der Waals surface area contributed by atoms with Gasteiger partial charge in [0.2, 0.25) is 5.89 Å². The number of morpholine rings is 1. The summed E-state index contributed by atoms with van der Waals surface area (Å²) in [6.07, 6.45) is 4.00. The van der Waals surface area contributed by atoms with Crippen LogP contribution < -0.4 is 4.90 Å². The van der Waals surface area contributed by atoms with Gasteiger partial charge in [-0.3, -0.25) is 4.90 Å². The number of hydrogen-bond donors (Lipinski definition) is 0. The smallest absolute Gasteiger partial charge is 0.240 e. The summed E-state index contributed by atoms with van der Waals surface area (Å²) in [4.78, 5) is 18.2. The van der Waals surface area contributed by atoms with Crippen LogP contribution in [0.25, 0.3) is 0 Å². The van der Waals surface area contributed by atoms with Gasteiger partial charge in [0.1, 0.15) is 12.1 Å². The number of likely N-dealkylation sites (tertiary alicyclic amines) is 1. The van der Waals surface area contributed by atoms with Gasteiger partial charge in [0.25, 0.3) is 0 Å². The largest absolute Gasteiger partial charge is 0.378 e. The van der Waals surface area contributed by atoms with Crippen LogP contribution in [0, 0.1) is 0 Å². The zero-order chi connectivity index (χ0) is 18.6. The van der Waals surface area contributed by atoms with Crippen LogP contribution in [0.1, 0.15) is 55.9 Å². The maximum Gasteiger partial charge on any atom is 0.240 e. The molecule has 0 aliphatic carbocycles. The minimum absolute atomic E-state index is 0.288. The van der Waals surface area contributed by atoms with Crippen LogP contribution in [0.15, 0.2) is 16.9 Å². The Kier molecular flexibility index (Phi) is 5.63. The molecule has 0 N–H and O–H groups in total. The van der Waals surface area contributed by atoms with Gasteiger partial charge in [0.05, 0.1) is 25.5 Å². The average Bonchev–Trinajstić information content (AvgIpc) is 3.18. The molecule has 8 heteroatoms. The number of anilines is 1. The number of aromatic nitrogens is 4. The summed E-state index contributed by atoms with van der Waals surface area (Å²) in [5, 5.41) is 4.07. The lowest BCUT2D eigenvalue weighted by atomic mass is 9.94. The topological polar surface area (TPSA) is 80.4 Å². The van der Waals surface area contributed by atoms with E-state index in [1.54, 1.807) is 6.33 Å². The molecule has 27 heavy (non-hydrogen) atoms. The van der Waals surface area contributed by atoms with Crippen molar-refractivity contribution in [1.82, 2.24) is 25.0 Å². The molecule has 0 saturated carbocycles. The summed E-state index contributed by atoms with van der Waals surface area (Å²) in [7, 11) is 0. The van der Waals surface area contributed by atoms with Gasteiger partial charge < -0.3 is 14.2 Å². The highest BCUT2D eigenvalue weighted by Crippen LogP contribution is 2.28. The standard InChI is InChI=1S/C19H28N6O2/c1-14(2)19-22-18(27-23-19)12-24-5-3-4-15(11-24)16-10-17(21-13-20-16)25-6-8-26-9-7-25/h10,13-15H,3-9,11-12H2,1-2H3. The summed E-state index contributed by atoms with van der Waals surface area (Å²) in [5.41, 5.74) is 1.13. The Morgan fingerprint density at radius 3 is 2.81 bits per heavy atom. The minimum Gasteiger partial charge on any atom is -0.378 e. The van der Waals surface area contributed by atoms with E-state index in [4.69, 9.17) is 9.26 Å². The van der Waals surface area contributed by atoms with Crippen molar-refractivity contribution in [1.29, 1.82) is 0 Å². The Bertz CT molecular complexity index is 743. The zero-order valence-corrected chi connectivity index (χ0v) is 16.2. The van der Waals surface area contributed by atoms with E-state index >= 15 is 0 Å². The van der Waals surface area contributed by atoms with Crippen LogP contribution in [0.3, 0.4) is 0 Å². The number of hydrogen-bond acceptors (Lipinski definition) is 8. The molecule has 2 aromatic rings. The van der Waals surface area contributed by atoms with Gasteiger partial charge in [-0.2, -0.15) is 4.98 Å². The third-order valence-electron chi connectivity index (χ3n) is 5.29. The first-order chi connectivity index (χ1) is 13.2. The summed E-state index contributed by atoms with van der Waals surface area (Å²) >= 11 is 0. The van der Waals surface area contributed by atoms with Crippen molar-refractivity contribution < 1.29 is 9.26 Å². The van der Waals surface area contributed by atoms with Gasteiger partial charge in [-0.25, -0.2) is 9.97 Å². The third kappa shape index (κ3) is 4.44. The van der Waals surface area contributed by atoms with Gasteiger partial charge in [-0.15, -0.1) is 0 Å². The van der Waals surface area contributed by atoms with E-state index < -0.39 is 0 Å². The van der Waals surface area contributed by atoms with E-state index in [2.05, 4.69) is 49.8 Å². The maximum absolute atomic E-state index is 5.44.